The van der Waals surface area contributed by atoms with E-state index in [1.54, 1.807) is 4.90 Å². The number of halogens is 1. The second-order valence-electron chi connectivity index (χ2n) is 4.68. The van der Waals surface area contributed by atoms with Gasteiger partial charge in [-0.3, -0.25) is 4.79 Å². The molecule has 0 aliphatic carbocycles. The molecule has 1 aromatic carbocycles. The van der Waals surface area contributed by atoms with Crippen LogP contribution in [0, 0.1) is 0 Å². The minimum absolute atomic E-state index is 0.0183. The molecule has 19 heavy (non-hydrogen) atoms. The van der Waals surface area contributed by atoms with E-state index in [0.29, 0.717) is 30.3 Å². The zero-order valence-corrected chi connectivity index (χ0v) is 11.4. The molecule has 0 bridgehead atoms. The van der Waals surface area contributed by atoms with E-state index in [0.717, 1.165) is 0 Å². The van der Waals surface area contributed by atoms with Gasteiger partial charge in [0.05, 0.1) is 23.3 Å². The van der Waals surface area contributed by atoms with Gasteiger partial charge in [0.2, 0.25) is 0 Å². The van der Waals surface area contributed by atoms with Crippen molar-refractivity contribution in [2.75, 3.05) is 19.7 Å². The highest BCUT2D eigenvalue weighted by molar-refractivity contribution is 6.33. The monoisotopic (exact) mass is 284 g/mol. The molecule has 2 rings (SSSR count). The van der Waals surface area contributed by atoms with Gasteiger partial charge in [-0.1, -0.05) is 11.6 Å². The Balaban J connectivity index is 2.17. The molecule has 1 aliphatic heterocycles. The van der Waals surface area contributed by atoms with Crippen LogP contribution < -0.4 is 5.73 Å². The Morgan fingerprint density at radius 3 is 3.05 bits per heavy atom. The molecule has 3 N–H and O–H groups in total. The highest BCUT2D eigenvalue weighted by Crippen LogP contribution is 2.23. The van der Waals surface area contributed by atoms with Crippen LogP contribution in [0.5, 0.6) is 5.75 Å². The SMILES string of the molecule is CC(N)C1CN(C(=O)c2cc(O)ccc2Cl)CCO1. The van der Waals surface area contributed by atoms with Crippen molar-refractivity contribution in [2.24, 2.45) is 5.73 Å². The molecule has 5 nitrogen and oxygen atoms in total. The van der Waals surface area contributed by atoms with Crippen molar-refractivity contribution in [3.05, 3.63) is 28.8 Å². The Hall–Kier alpha value is -1.30. The van der Waals surface area contributed by atoms with Crippen LogP contribution in [0.15, 0.2) is 18.2 Å². The first kappa shape index (κ1) is 14.1. The molecule has 1 heterocycles. The number of benzene rings is 1. The fraction of sp³-hybridized carbons (Fsp3) is 0.462. The molecule has 2 atom stereocenters. The Bertz CT molecular complexity index is 479. The summed E-state index contributed by atoms with van der Waals surface area (Å²) >= 11 is 5.99. The zero-order valence-electron chi connectivity index (χ0n) is 10.7. The number of nitrogens with zero attached hydrogens (tertiary/aromatic N) is 1. The van der Waals surface area contributed by atoms with Gasteiger partial charge in [0.1, 0.15) is 5.75 Å². The summed E-state index contributed by atoms with van der Waals surface area (Å²) in [4.78, 5) is 14.0. The van der Waals surface area contributed by atoms with Crippen LogP contribution in [0.1, 0.15) is 17.3 Å². The van der Waals surface area contributed by atoms with Crippen molar-refractivity contribution in [1.29, 1.82) is 0 Å². The lowest BCUT2D eigenvalue weighted by Crippen LogP contribution is -2.51. The predicted molar refractivity (Wildman–Crippen MR) is 72.4 cm³/mol. The molecule has 6 heteroatoms. The number of ether oxygens (including phenoxy) is 1. The second kappa shape index (κ2) is 5.77. The first-order valence-electron chi connectivity index (χ1n) is 6.14. The lowest BCUT2D eigenvalue weighted by atomic mass is 10.1. The van der Waals surface area contributed by atoms with Crippen LogP contribution in [0.25, 0.3) is 0 Å². The normalized spacial score (nSPS) is 21.2. The maximum Gasteiger partial charge on any atom is 0.255 e. The third-order valence-electron chi connectivity index (χ3n) is 3.15. The van der Waals surface area contributed by atoms with Gasteiger partial charge in [0, 0.05) is 19.1 Å². The number of aromatic hydroxyl groups is 1. The molecule has 0 spiro atoms. The summed E-state index contributed by atoms with van der Waals surface area (Å²) in [5, 5.41) is 9.78. The quantitative estimate of drug-likeness (QED) is 0.857. The molecule has 0 saturated carbocycles. The largest absolute Gasteiger partial charge is 0.508 e. The summed E-state index contributed by atoms with van der Waals surface area (Å²) in [6.07, 6.45) is -0.172. The van der Waals surface area contributed by atoms with Crippen molar-refractivity contribution in [3.63, 3.8) is 0 Å². The smallest absolute Gasteiger partial charge is 0.255 e. The first-order chi connectivity index (χ1) is 8.99. The topological polar surface area (TPSA) is 75.8 Å². The summed E-state index contributed by atoms with van der Waals surface area (Å²) in [5.74, 6) is -0.195. The summed E-state index contributed by atoms with van der Waals surface area (Å²) in [5.41, 5.74) is 6.09. The average Bonchev–Trinajstić information content (AvgIpc) is 2.41. The molecule has 0 aromatic heterocycles. The van der Waals surface area contributed by atoms with Crippen LogP contribution in [0.4, 0.5) is 0 Å². The van der Waals surface area contributed by atoms with Gasteiger partial charge in [0.25, 0.3) is 5.91 Å². The Morgan fingerprint density at radius 2 is 2.37 bits per heavy atom. The van der Waals surface area contributed by atoms with Gasteiger partial charge in [-0.05, 0) is 25.1 Å². The van der Waals surface area contributed by atoms with Crippen molar-refractivity contribution >= 4 is 17.5 Å². The second-order valence-corrected chi connectivity index (χ2v) is 5.09. The summed E-state index contributed by atoms with van der Waals surface area (Å²) in [7, 11) is 0. The van der Waals surface area contributed by atoms with Crippen molar-refractivity contribution in [1.82, 2.24) is 4.90 Å². The fourth-order valence-electron chi connectivity index (χ4n) is 2.03. The third-order valence-corrected chi connectivity index (χ3v) is 3.48. The maximum absolute atomic E-state index is 12.4. The molecular weight excluding hydrogens is 268 g/mol. The van der Waals surface area contributed by atoms with E-state index in [-0.39, 0.29) is 23.8 Å². The molecule has 1 saturated heterocycles. The fourth-order valence-corrected chi connectivity index (χ4v) is 2.22. The molecule has 104 valence electrons. The van der Waals surface area contributed by atoms with Gasteiger partial charge < -0.3 is 20.5 Å². The number of phenolic OH excluding ortho intramolecular Hbond substituents is 1. The van der Waals surface area contributed by atoms with Gasteiger partial charge in [-0.25, -0.2) is 0 Å². The van der Waals surface area contributed by atoms with Crippen molar-refractivity contribution in [2.45, 2.75) is 19.1 Å². The number of nitrogens with two attached hydrogens (primary N) is 1. The number of carbonyl (C=O) groups is 1. The van der Waals surface area contributed by atoms with E-state index < -0.39 is 0 Å². The Labute approximate surface area is 116 Å². The summed E-state index contributed by atoms with van der Waals surface area (Å²) in [6, 6.07) is 4.19. The summed E-state index contributed by atoms with van der Waals surface area (Å²) in [6.45, 7) is 3.23. The van der Waals surface area contributed by atoms with Crippen LogP contribution in [0.3, 0.4) is 0 Å². The number of amides is 1. The molecule has 1 aromatic rings. The van der Waals surface area contributed by atoms with Crippen molar-refractivity contribution < 1.29 is 14.6 Å². The third kappa shape index (κ3) is 3.18. The van der Waals surface area contributed by atoms with E-state index in [4.69, 9.17) is 22.1 Å². The van der Waals surface area contributed by atoms with E-state index in [2.05, 4.69) is 0 Å². The Kier molecular flexibility index (Phi) is 4.29. The first-order valence-corrected chi connectivity index (χ1v) is 6.52. The number of hydrogen-bond donors (Lipinski definition) is 2. The number of hydrogen-bond acceptors (Lipinski definition) is 4. The molecule has 1 amide bonds. The lowest BCUT2D eigenvalue weighted by molar-refractivity contribution is -0.0300. The molecule has 0 radical (unpaired) electrons. The minimum atomic E-state index is -0.213. The number of morpholine rings is 1. The summed E-state index contributed by atoms with van der Waals surface area (Å²) < 4.78 is 5.51. The van der Waals surface area contributed by atoms with E-state index >= 15 is 0 Å². The maximum atomic E-state index is 12.4. The minimum Gasteiger partial charge on any atom is -0.508 e. The molecule has 1 fully saturated rings. The zero-order chi connectivity index (χ0) is 14.0. The average molecular weight is 285 g/mol. The lowest BCUT2D eigenvalue weighted by Gasteiger charge is -2.34. The van der Waals surface area contributed by atoms with Crippen LogP contribution in [-0.2, 0) is 4.74 Å². The van der Waals surface area contributed by atoms with Crippen LogP contribution in [0.2, 0.25) is 5.02 Å². The van der Waals surface area contributed by atoms with Gasteiger partial charge >= 0.3 is 0 Å². The number of carbonyl (C=O) groups excluding carboxylic acids is 1. The van der Waals surface area contributed by atoms with E-state index in [1.807, 2.05) is 6.92 Å². The predicted octanol–water partition coefficient (Wildman–Crippen LogP) is 1.23. The van der Waals surface area contributed by atoms with E-state index in [1.165, 1.54) is 18.2 Å². The van der Waals surface area contributed by atoms with Crippen molar-refractivity contribution in [3.8, 4) is 5.75 Å². The highest BCUT2D eigenvalue weighted by Gasteiger charge is 2.28. The molecular formula is C13H17ClN2O3. The highest BCUT2D eigenvalue weighted by atomic mass is 35.5. The van der Waals surface area contributed by atoms with Gasteiger partial charge in [0.15, 0.2) is 0 Å². The van der Waals surface area contributed by atoms with Crippen LogP contribution in [-0.4, -0.2) is 47.8 Å². The molecule has 1 aliphatic rings. The van der Waals surface area contributed by atoms with Gasteiger partial charge in [-0.2, -0.15) is 0 Å². The van der Waals surface area contributed by atoms with E-state index in [9.17, 15) is 9.90 Å². The molecule has 2 unspecified atom stereocenters. The van der Waals surface area contributed by atoms with Gasteiger partial charge in [-0.15, -0.1) is 0 Å². The Morgan fingerprint density at radius 1 is 1.63 bits per heavy atom. The van der Waals surface area contributed by atoms with Crippen LogP contribution >= 0.6 is 11.6 Å². The standard InChI is InChI=1S/C13H17ClN2O3/c1-8(15)12-7-16(4-5-19-12)13(18)10-6-9(17)2-3-11(10)14/h2-3,6,8,12,17H,4-5,7,15H2,1H3. The number of phenols is 1. The number of rotatable bonds is 2.